The number of hydrogen-bond donors (Lipinski definition) is 2. The highest BCUT2D eigenvalue weighted by atomic mass is 35.5. The monoisotopic (exact) mass is 292 g/mol. The van der Waals surface area contributed by atoms with Gasteiger partial charge in [0.15, 0.2) is 0 Å². The Balaban J connectivity index is 2.36. The minimum absolute atomic E-state index is 0.312. The first-order chi connectivity index (χ1) is 9.45. The number of aryl methyl sites for hydroxylation is 3. The van der Waals surface area contributed by atoms with Gasteiger partial charge in [0.25, 0.3) is 5.91 Å². The van der Waals surface area contributed by atoms with Crippen molar-refractivity contribution < 1.29 is 4.79 Å². The summed E-state index contributed by atoms with van der Waals surface area (Å²) in [5, 5.41) is 7.53. The summed E-state index contributed by atoms with van der Waals surface area (Å²) in [4.78, 5) is 12.4. The van der Waals surface area contributed by atoms with Gasteiger partial charge in [0.2, 0.25) is 0 Å². The highest BCUT2D eigenvalue weighted by Crippen LogP contribution is 2.26. The van der Waals surface area contributed by atoms with Crippen LogP contribution in [0.15, 0.2) is 18.2 Å². The molecule has 0 aliphatic rings. The van der Waals surface area contributed by atoms with Crippen LogP contribution in [-0.4, -0.2) is 15.7 Å². The molecule has 1 heterocycles. The Morgan fingerprint density at radius 1 is 1.50 bits per heavy atom. The molecule has 0 atom stereocenters. The van der Waals surface area contributed by atoms with E-state index >= 15 is 0 Å². The standard InChI is InChI=1S/C14H17ClN4O/c1-4-10-11(16)13(19(3)18-10)14(20)17-12-8(2)6-5-7-9(12)15/h5-7H,4,16H2,1-3H3,(H,17,20). The topological polar surface area (TPSA) is 72.9 Å². The van der Waals surface area contributed by atoms with Gasteiger partial charge in [-0.05, 0) is 25.0 Å². The summed E-state index contributed by atoms with van der Waals surface area (Å²) < 4.78 is 1.50. The second-order valence-corrected chi connectivity index (χ2v) is 4.98. The Morgan fingerprint density at radius 2 is 2.20 bits per heavy atom. The predicted molar refractivity (Wildman–Crippen MR) is 81.1 cm³/mol. The number of hydrogen-bond acceptors (Lipinski definition) is 3. The van der Waals surface area contributed by atoms with Crippen LogP contribution >= 0.6 is 11.6 Å². The molecule has 3 N–H and O–H groups in total. The number of aromatic nitrogens is 2. The predicted octanol–water partition coefficient (Wildman–Crippen LogP) is 2.78. The Hall–Kier alpha value is -2.01. The first kappa shape index (κ1) is 14.4. The van der Waals surface area contributed by atoms with Gasteiger partial charge in [-0.1, -0.05) is 30.7 Å². The van der Waals surface area contributed by atoms with Crippen LogP contribution in [0.5, 0.6) is 0 Å². The fraction of sp³-hybridized carbons (Fsp3) is 0.286. The van der Waals surface area contributed by atoms with Crippen LogP contribution in [0.3, 0.4) is 0 Å². The molecule has 1 aromatic carbocycles. The Morgan fingerprint density at radius 3 is 2.75 bits per heavy atom. The molecule has 1 amide bonds. The minimum atomic E-state index is -0.312. The lowest BCUT2D eigenvalue weighted by molar-refractivity contribution is 0.101. The van der Waals surface area contributed by atoms with Crippen LogP contribution in [0.1, 0.15) is 28.7 Å². The summed E-state index contributed by atoms with van der Waals surface area (Å²) in [5.41, 5.74) is 8.93. The zero-order valence-corrected chi connectivity index (χ0v) is 12.5. The quantitative estimate of drug-likeness (QED) is 0.913. The first-order valence-corrected chi connectivity index (χ1v) is 6.71. The number of anilines is 2. The maximum absolute atomic E-state index is 12.4. The number of nitrogens with two attached hydrogens (primary N) is 1. The number of halogens is 1. The van der Waals surface area contributed by atoms with Crippen molar-refractivity contribution in [3.05, 3.63) is 40.2 Å². The molecular formula is C14H17ClN4O. The van der Waals surface area contributed by atoms with Gasteiger partial charge >= 0.3 is 0 Å². The van der Waals surface area contributed by atoms with E-state index in [2.05, 4.69) is 10.4 Å². The number of carbonyl (C=O) groups is 1. The third kappa shape index (κ3) is 2.49. The average Bonchev–Trinajstić information content (AvgIpc) is 2.68. The lowest BCUT2D eigenvalue weighted by Crippen LogP contribution is -2.18. The molecule has 0 fully saturated rings. The fourth-order valence-corrected chi connectivity index (χ4v) is 2.36. The van der Waals surface area contributed by atoms with Crippen LogP contribution in [0.2, 0.25) is 5.02 Å². The lowest BCUT2D eigenvalue weighted by atomic mass is 10.2. The minimum Gasteiger partial charge on any atom is -0.395 e. The number of nitrogen functional groups attached to an aromatic ring is 1. The van der Waals surface area contributed by atoms with E-state index in [-0.39, 0.29) is 5.91 Å². The smallest absolute Gasteiger partial charge is 0.276 e. The molecule has 0 bridgehead atoms. The van der Waals surface area contributed by atoms with E-state index in [4.69, 9.17) is 17.3 Å². The Labute approximate surface area is 122 Å². The number of amides is 1. The van der Waals surface area contributed by atoms with Gasteiger partial charge in [0.1, 0.15) is 5.69 Å². The van der Waals surface area contributed by atoms with Crippen molar-refractivity contribution in [3.63, 3.8) is 0 Å². The highest BCUT2D eigenvalue weighted by Gasteiger charge is 2.20. The molecule has 1 aromatic heterocycles. The van der Waals surface area contributed by atoms with E-state index < -0.39 is 0 Å². The molecule has 2 aromatic rings. The summed E-state index contributed by atoms with van der Waals surface area (Å²) in [5.74, 6) is -0.312. The molecule has 0 saturated heterocycles. The van der Waals surface area contributed by atoms with Crippen molar-refractivity contribution in [1.82, 2.24) is 9.78 Å². The van der Waals surface area contributed by atoms with Crippen molar-refractivity contribution in [1.29, 1.82) is 0 Å². The van der Waals surface area contributed by atoms with Gasteiger partial charge in [-0.2, -0.15) is 5.10 Å². The third-order valence-electron chi connectivity index (χ3n) is 3.17. The molecule has 0 aliphatic heterocycles. The molecule has 5 nitrogen and oxygen atoms in total. The van der Waals surface area contributed by atoms with E-state index in [1.165, 1.54) is 4.68 Å². The summed E-state index contributed by atoms with van der Waals surface area (Å²) in [6.45, 7) is 3.82. The van der Waals surface area contributed by atoms with Crippen molar-refractivity contribution >= 4 is 28.9 Å². The number of carbonyl (C=O) groups excluding carboxylic acids is 1. The molecule has 0 radical (unpaired) electrons. The Bertz CT molecular complexity index is 643. The van der Waals surface area contributed by atoms with E-state index in [1.54, 1.807) is 13.1 Å². The van der Waals surface area contributed by atoms with Crippen LogP contribution in [-0.2, 0) is 13.5 Å². The van der Waals surface area contributed by atoms with Crippen LogP contribution in [0.25, 0.3) is 0 Å². The van der Waals surface area contributed by atoms with Gasteiger partial charge in [-0.3, -0.25) is 9.48 Å². The maximum atomic E-state index is 12.4. The van der Waals surface area contributed by atoms with Gasteiger partial charge < -0.3 is 11.1 Å². The maximum Gasteiger partial charge on any atom is 0.276 e. The van der Waals surface area contributed by atoms with E-state index in [9.17, 15) is 4.79 Å². The molecule has 2 rings (SSSR count). The number of benzene rings is 1. The third-order valence-corrected chi connectivity index (χ3v) is 3.49. The van der Waals surface area contributed by atoms with Crippen molar-refractivity contribution in [2.45, 2.75) is 20.3 Å². The van der Waals surface area contributed by atoms with Crippen LogP contribution in [0, 0.1) is 6.92 Å². The van der Waals surface area contributed by atoms with Crippen LogP contribution in [0.4, 0.5) is 11.4 Å². The lowest BCUT2D eigenvalue weighted by Gasteiger charge is -2.10. The van der Waals surface area contributed by atoms with Crippen molar-refractivity contribution in [3.8, 4) is 0 Å². The molecule has 6 heteroatoms. The molecule has 20 heavy (non-hydrogen) atoms. The number of rotatable bonds is 3. The van der Waals surface area contributed by atoms with Gasteiger partial charge in [0, 0.05) is 7.05 Å². The van der Waals surface area contributed by atoms with Crippen LogP contribution < -0.4 is 11.1 Å². The normalized spacial score (nSPS) is 10.6. The van der Waals surface area contributed by atoms with E-state index in [0.717, 1.165) is 5.56 Å². The zero-order valence-electron chi connectivity index (χ0n) is 11.7. The zero-order chi connectivity index (χ0) is 14.9. The van der Waals surface area contributed by atoms with Crippen molar-refractivity contribution in [2.24, 2.45) is 7.05 Å². The summed E-state index contributed by atoms with van der Waals surface area (Å²) >= 11 is 6.10. The fourth-order valence-electron chi connectivity index (χ4n) is 2.09. The van der Waals surface area contributed by atoms with Crippen molar-refractivity contribution in [2.75, 3.05) is 11.1 Å². The van der Waals surface area contributed by atoms with Gasteiger partial charge in [-0.15, -0.1) is 0 Å². The molecular weight excluding hydrogens is 276 g/mol. The SMILES string of the molecule is CCc1nn(C)c(C(=O)Nc2c(C)cccc2Cl)c1N. The molecule has 0 unspecified atom stereocenters. The number of nitrogens with one attached hydrogen (secondary N) is 1. The molecule has 106 valence electrons. The number of para-hydroxylation sites is 1. The second kappa shape index (κ2) is 5.54. The van der Waals surface area contributed by atoms with Gasteiger partial charge in [0.05, 0.1) is 22.1 Å². The first-order valence-electron chi connectivity index (χ1n) is 6.33. The summed E-state index contributed by atoms with van der Waals surface area (Å²) in [6.07, 6.45) is 0.679. The summed E-state index contributed by atoms with van der Waals surface area (Å²) in [6, 6.07) is 5.45. The molecule has 0 spiro atoms. The van der Waals surface area contributed by atoms with E-state index in [0.29, 0.717) is 34.2 Å². The molecule has 0 aliphatic carbocycles. The average molecular weight is 293 g/mol. The van der Waals surface area contributed by atoms with Gasteiger partial charge in [-0.25, -0.2) is 0 Å². The number of nitrogens with zero attached hydrogens (tertiary/aromatic N) is 2. The molecule has 0 saturated carbocycles. The second-order valence-electron chi connectivity index (χ2n) is 4.57. The van der Waals surface area contributed by atoms with E-state index in [1.807, 2.05) is 26.0 Å². The largest absolute Gasteiger partial charge is 0.395 e. The summed E-state index contributed by atoms with van der Waals surface area (Å²) in [7, 11) is 1.70. The highest BCUT2D eigenvalue weighted by molar-refractivity contribution is 6.34. The Kier molecular flexibility index (Phi) is 3.99.